The minimum absolute atomic E-state index is 0.0442. The van der Waals surface area contributed by atoms with Gasteiger partial charge in [-0.3, -0.25) is 14.4 Å². The van der Waals surface area contributed by atoms with Crippen molar-refractivity contribution in [3.8, 4) is 0 Å². The summed E-state index contributed by atoms with van der Waals surface area (Å²) in [6.45, 7) is 0.0257. The Hall–Kier alpha value is -2.41. The molecule has 0 aliphatic heterocycles. The van der Waals surface area contributed by atoms with E-state index >= 15 is 0 Å². The van der Waals surface area contributed by atoms with Crippen molar-refractivity contribution in [2.24, 2.45) is 0 Å². The Morgan fingerprint density at radius 2 is 1.85 bits per heavy atom. The molecule has 3 N–H and O–H groups in total. The molecule has 7 heteroatoms. The van der Waals surface area contributed by atoms with Crippen LogP contribution in [0.15, 0.2) is 24.3 Å². The Bertz CT molecular complexity index is 484. The summed E-state index contributed by atoms with van der Waals surface area (Å²) in [6.07, 6.45) is -0.128. The van der Waals surface area contributed by atoms with Gasteiger partial charge in [0.1, 0.15) is 6.61 Å². The summed E-state index contributed by atoms with van der Waals surface area (Å²) in [6, 6.07) is 6.25. The van der Waals surface area contributed by atoms with Gasteiger partial charge in [-0.1, -0.05) is 0 Å². The molecule has 0 unspecified atom stereocenters. The molecule has 0 heterocycles. The molecule has 0 saturated heterocycles. The molecular weight excluding hydrogens is 264 g/mol. The average Bonchev–Trinajstić information content (AvgIpc) is 2.39. The van der Waals surface area contributed by atoms with E-state index in [2.05, 4.69) is 15.4 Å². The molecule has 2 amide bonds. The first-order valence-corrected chi connectivity index (χ1v) is 5.91. The lowest BCUT2D eigenvalue weighted by Gasteiger charge is -2.06. The predicted molar refractivity (Wildman–Crippen MR) is 71.5 cm³/mol. The molecule has 0 aliphatic carbocycles. The quantitative estimate of drug-likeness (QED) is 0.673. The molecule has 0 saturated carbocycles. The fourth-order valence-corrected chi connectivity index (χ4v) is 1.42. The highest BCUT2D eigenvalue weighted by Crippen LogP contribution is 2.09. The lowest BCUT2D eigenvalue weighted by molar-refractivity contribution is -0.136. The number of aliphatic carboxylic acids is 1. The third-order valence-corrected chi connectivity index (χ3v) is 2.33. The van der Waals surface area contributed by atoms with Crippen molar-refractivity contribution in [1.29, 1.82) is 0 Å². The summed E-state index contributed by atoms with van der Waals surface area (Å²) < 4.78 is 4.68. The molecule has 0 fully saturated rings. The van der Waals surface area contributed by atoms with Gasteiger partial charge in [-0.25, -0.2) is 0 Å². The molecule has 20 heavy (non-hydrogen) atoms. The highest BCUT2D eigenvalue weighted by molar-refractivity contribution is 5.96. The van der Waals surface area contributed by atoms with Crippen molar-refractivity contribution < 1.29 is 24.2 Å². The third kappa shape index (κ3) is 5.49. The Morgan fingerprint density at radius 3 is 2.40 bits per heavy atom. The smallest absolute Gasteiger partial charge is 0.305 e. The number of ether oxygens (including phenoxy) is 1. The summed E-state index contributed by atoms with van der Waals surface area (Å²) in [5, 5.41) is 13.5. The van der Waals surface area contributed by atoms with Crippen LogP contribution in [0, 0.1) is 0 Å². The SMILES string of the molecule is COCC(=O)Nc1ccc(C(=O)NCCC(=O)O)cc1. The molecule has 0 bridgehead atoms. The van der Waals surface area contributed by atoms with Crippen molar-refractivity contribution in [1.82, 2.24) is 5.32 Å². The minimum Gasteiger partial charge on any atom is -0.481 e. The first-order valence-electron chi connectivity index (χ1n) is 5.91. The van der Waals surface area contributed by atoms with Crippen molar-refractivity contribution in [3.63, 3.8) is 0 Å². The third-order valence-electron chi connectivity index (χ3n) is 2.33. The van der Waals surface area contributed by atoms with Gasteiger partial charge in [0.05, 0.1) is 6.42 Å². The Kier molecular flexibility index (Phi) is 6.18. The molecule has 0 spiro atoms. The van der Waals surface area contributed by atoms with E-state index < -0.39 is 5.97 Å². The van der Waals surface area contributed by atoms with Gasteiger partial charge in [-0.15, -0.1) is 0 Å². The van der Waals surface area contributed by atoms with Gasteiger partial charge in [0.2, 0.25) is 5.91 Å². The molecule has 1 rings (SSSR count). The second-order valence-electron chi connectivity index (χ2n) is 3.96. The van der Waals surface area contributed by atoms with E-state index in [0.29, 0.717) is 11.3 Å². The van der Waals surface area contributed by atoms with Gasteiger partial charge in [-0.05, 0) is 24.3 Å². The van der Waals surface area contributed by atoms with E-state index in [0.717, 1.165) is 0 Å². The first-order chi connectivity index (χ1) is 9.52. The lowest BCUT2D eigenvalue weighted by atomic mass is 10.2. The number of benzene rings is 1. The van der Waals surface area contributed by atoms with Crippen molar-refractivity contribution in [3.05, 3.63) is 29.8 Å². The molecule has 7 nitrogen and oxygen atoms in total. The fraction of sp³-hybridized carbons (Fsp3) is 0.308. The standard InChI is InChI=1S/C13H16N2O5/c1-20-8-11(16)15-10-4-2-9(3-5-10)13(19)14-7-6-12(17)18/h2-5H,6-8H2,1H3,(H,14,19)(H,15,16)(H,17,18). The van der Waals surface area contributed by atoms with Crippen LogP contribution in [0.25, 0.3) is 0 Å². The van der Waals surface area contributed by atoms with Crippen molar-refractivity contribution in [2.75, 3.05) is 25.6 Å². The van der Waals surface area contributed by atoms with Crippen molar-refractivity contribution in [2.45, 2.75) is 6.42 Å². The molecule has 0 radical (unpaired) electrons. The van der Waals surface area contributed by atoms with Crippen LogP contribution in [0.2, 0.25) is 0 Å². The van der Waals surface area contributed by atoms with Gasteiger partial charge in [0, 0.05) is 24.9 Å². The predicted octanol–water partition coefficient (Wildman–Crippen LogP) is 0.476. The first kappa shape index (κ1) is 15.6. The average molecular weight is 280 g/mol. The Morgan fingerprint density at radius 1 is 1.20 bits per heavy atom. The molecule has 1 aromatic rings. The number of carboxylic acids is 1. The number of anilines is 1. The van der Waals surface area contributed by atoms with E-state index in [9.17, 15) is 14.4 Å². The van der Waals surface area contributed by atoms with Gasteiger partial charge >= 0.3 is 5.97 Å². The number of hydrogen-bond acceptors (Lipinski definition) is 4. The molecule has 0 aliphatic rings. The summed E-state index contributed by atoms with van der Waals surface area (Å²) >= 11 is 0. The molecule has 1 aromatic carbocycles. The minimum atomic E-state index is -0.971. The van der Waals surface area contributed by atoms with E-state index in [1.807, 2.05) is 0 Å². The van der Waals surface area contributed by atoms with Crippen LogP contribution in [-0.2, 0) is 14.3 Å². The van der Waals surface area contributed by atoms with E-state index in [-0.39, 0.29) is 31.4 Å². The number of nitrogens with one attached hydrogen (secondary N) is 2. The largest absolute Gasteiger partial charge is 0.481 e. The summed E-state index contributed by atoms with van der Waals surface area (Å²) in [7, 11) is 1.42. The van der Waals surface area contributed by atoms with Gasteiger partial charge < -0.3 is 20.5 Å². The van der Waals surface area contributed by atoms with Crippen LogP contribution >= 0.6 is 0 Å². The topological polar surface area (TPSA) is 105 Å². The normalized spacial score (nSPS) is 9.85. The van der Waals surface area contributed by atoms with Gasteiger partial charge in [0.15, 0.2) is 0 Å². The number of carbonyl (C=O) groups is 3. The fourth-order valence-electron chi connectivity index (χ4n) is 1.42. The number of carboxylic acid groups (broad SMARTS) is 1. The molecule has 0 atom stereocenters. The summed E-state index contributed by atoms with van der Waals surface area (Å²) in [4.78, 5) is 33.2. The van der Waals surface area contributed by atoms with Crippen LogP contribution < -0.4 is 10.6 Å². The highest BCUT2D eigenvalue weighted by Gasteiger charge is 2.07. The summed E-state index contributed by atoms with van der Waals surface area (Å²) in [5.74, 6) is -1.62. The second kappa shape index (κ2) is 7.90. The zero-order valence-corrected chi connectivity index (χ0v) is 11.0. The zero-order valence-electron chi connectivity index (χ0n) is 11.0. The van der Waals surface area contributed by atoms with Crippen LogP contribution in [0.5, 0.6) is 0 Å². The van der Waals surface area contributed by atoms with Crippen LogP contribution in [-0.4, -0.2) is 43.2 Å². The van der Waals surface area contributed by atoms with Crippen LogP contribution in [0.1, 0.15) is 16.8 Å². The maximum Gasteiger partial charge on any atom is 0.305 e. The molecular formula is C13H16N2O5. The number of hydrogen-bond donors (Lipinski definition) is 3. The van der Waals surface area contributed by atoms with Crippen molar-refractivity contribution >= 4 is 23.5 Å². The maximum absolute atomic E-state index is 11.7. The highest BCUT2D eigenvalue weighted by atomic mass is 16.5. The second-order valence-corrected chi connectivity index (χ2v) is 3.96. The van der Waals surface area contributed by atoms with Crippen LogP contribution in [0.4, 0.5) is 5.69 Å². The zero-order chi connectivity index (χ0) is 15.0. The Balaban J connectivity index is 2.51. The molecule has 108 valence electrons. The Labute approximate surface area is 115 Å². The number of rotatable bonds is 7. The van der Waals surface area contributed by atoms with Crippen LogP contribution in [0.3, 0.4) is 0 Å². The van der Waals surface area contributed by atoms with E-state index in [4.69, 9.17) is 5.11 Å². The van der Waals surface area contributed by atoms with Gasteiger partial charge in [0.25, 0.3) is 5.91 Å². The number of methoxy groups -OCH3 is 1. The number of amides is 2. The van der Waals surface area contributed by atoms with Gasteiger partial charge in [-0.2, -0.15) is 0 Å². The van der Waals surface area contributed by atoms with E-state index in [1.54, 1.807) is 24.3 Å². The summed E-state index contributed by atoms with van der Waals surface area (Å²) in [5.41, 5.74) is 0.939. The van der Waals surface area contributed by atoms with E-state index in [1.165, 1.54) is 7.11 Å². The molecule has 0 aromatic heterocycles. The maximum atomic E-state index is 11.7. The lowest BCUT2D eigenvalue weighted by Crippen LogP contribution is -2.26. The number of carbonyl (C=O) groups excluding carboxylic acids is 2. The monoisotopic (exact) mass is 280 g/mol.